The molecule has 2 aromatic rings. The van der Waals surface area contributed by atoms with Gasteiger partial charge in [-0.15, -0.1) is 0 Å². The Bertz CT molecular complexity index is 665. The average Bonchev–Trinajstić information content (AvgIpc) is 2.71. The first kappa shape index (κ1) is 13.1. The van der Waals surface area contributed by atoms with Crippen LogP contribution in [0.15, 0.2) is 24.4 Å². The van der Waals surface area contributed by atoms with Gasteiger partial charge in [0.2, 0.25) is 0 Å². The number of hydrogen-bond acceptors (Lipinski definition) is 1. The number of alkyl halides is 3. The van der Waals surface area contributed by atoms with Gasteiger partial charge in [-0.2, -0.15) is 13.2 Å². The quantitative estimate of drug-likeness (QED) is 0.570. The smallest absolute Gasteiger partial charge is 0.333 e. The summed E-state index contributed by atoms with van der Waals surface area (Å²) in [6, 6.07) is 3.53. The fraction of sp³-hybridized carbons (Fsp3) is 0.167. The average molecular weight is 269 g/mol. The highest BCUT2D eigenvalue weighted by Crippen LogP contribution is 2.32. The molecular formula is C12H7F4N3. The predicted octanol–water partition coefficient (Wildman–Crippen LogP) is 3.80. The van der Waals surface area contributed by atoms with E-state index in [4.69, 9.17) is 6.57 Å². The van der Waals surface area contributed by atoms with Crippen LogP contribution in [0.3, 0.4) is 0 Å². The predicted molar refractivity (Wildman–Crippen MR) is 59.9 cm³/mol. The second-order valence-electron chi connectivity index (χ2n) is 3.83. The molecule has 2 rings (SSSR count). The van der Waals surface area contributed by atoms with Gasteiger partial charge < -0.3 is 4.57 Å². The van der Waals surface area contributed by atoms with E-state index in [1.165, 1.54) is 19.2 Å². The molecule has 0 saturated heterocycles. The molecule has 1 aromatic heterocycles. The van der Waals surface area contributed by atoms with Crippen LogP contribution in [-0.4, -0.2) is 9.55 Å². The molecule has 0 radical (unpaired) electrons. The third kappa shape index (κ3) is 2.42. The number of aryl methyl sites for hydroxylation is 1. The molecule has 0 bridgehead atoms. The van der Waals surface area contributed by atoms with Crippen LogP contribution < -0.4 is 0 Å². The number of rotatable bonds is 1. The Labute approximate surface area is 105 Å². The molecule has 0 spiro atoms. The summed E-state index contributed by atoms with van der Waals surface area (Å²) in [5.41, 5.74) is -1.09. The molecule has 0 aliphatic carbocycles. The van der Waals surface area contributed by atoms with Crippen molar-refractivity contribution in [2.24, 2.45) is 7.05 Å². The van der Waals surface area contributed by atoms with E-state index < -0.39 is 17.7 Å². The van der Waals surface area contributed by atoms with Crippen molar-refractivity contribution >= 4 is 5.69 Å². The number of imidazole rings is 1. The minimum Gasteiger partial charge on any atom is -0.333 e. The van der Waals surface area contributed by atoms with Crippen molar-refractivity contribution in [2.75, 3.05) is 0 Å². The van der Waals surface area contributed by atoms with Crippen LogP contribution in [0.5, 0.6) is 0 Å². The molecule has 0 amide bonds. The molecule has 3 nitrogen and oxygen atoms in total. The topological polar surface area (TPSA) is 22.2 Å². The Morgan fingerprint density at radius 3 is 2.47 bits per heavy atom. The summed E-state index contributed by atoms with van der Waals surface area (Å²) in [5.74, 6) is -0.919. The van der Waals surface area contributed by atoms with E-state index in [0.717, 1.165) is 16.8 Å². The van der Waals surface area contributed by atoms with Gasteiger partial charge >= 0.3 is 6.18 Å². The van der Waals surface area contributed by atoms with Gasteiger partial charge in [-0.05, 0) is 6.07 Å². The Morgan fingerprint density at radius 1 is 1.32 bits per heavy atom. The van der Waals surface area contributed by atoms with Crippen molar-refractivity contribution in [1.29, 1.82) is 0 Å². The zero-order valence-electron chi connectivity index (χ0n) is 9.66. The zero-order chi connectivity index (χ0) is 14.2. The lowest BCUT2D eigenvalue weighted by atomic mass is 10.2. The first-order valence-corrected chi connectivity index (χ1v) is 5.11. The number of benzene rings is 1. The largest absolute Gasteiger partial charge is 0.434 e. The lowest BCUT2D eigenvalue weighted by Gasteiger charge is -2.03. The van der Waals surface area contributed by atoms with Crippen molar-refractivity contribution in [3.63, 3.8) is 0 Å². The van der Waals surface area contributed by atoms with Crippen LogP contribution in [0.4, 0.5) is 23.2 Å². The molecule has 1 aromatic carbocycles. The maximum atomic E-state index is 13.7. The molecule has 98 valence electrons. The van der Waals surface area contributed by atoms with E-state index in [2.05, 4.69) is 9.83 Å². The fourth-order valence-electron chi connectivity index (χ4n) is 1.61. The number of halogens is 4. The summed E-state index contributed by atoms with van der Waals surface area (Å²) < 4.78 is 52.3. The molecule has 0 fully saturated rings. The molecule has 19 heavy (non-hydrogen) atoms. The molecule has 0 unspecified atom stereocenters. The molecule has 0 aliphatic heterocycles. The van der Waals surface area contributed by atoms with E-state index in [0.29, 0.717) is 0 Å². The minimum absolute atomic E-state index is 0.0755. The van der Waals surface area contributed by atoms with E-state index in [9.17, 15) is 17.6 Å². The Morgan fingerprint density at radius 2 is 2.00 bits per heavy atom. The number of aromatic nitrogens is 2. The Kier molecular flexibility index (Phi) is 3.02. The number of nitrogens with zero attached hydrogens (tertiary/aromatic N) is 3. The first-order chi connectivity index (χ1) is 8.82. The molecule has 0 aliphatic rings. The lowest BCUT2D eigenvalue weighted by molar-refractivity contribution is -0.140. The van der Waals surface area contributed by atoms with Crippen LogP contribution in [-0.2, 0) is 13.2 Å². The van der Waals surface area contributed by atoms with Crippen LogP contribution in [0.25, 0.3) is 16.2 Å². The van der Waals surface area contributed by atoms with Gasteiger partial charge in [0.25, 0.3) is 0 Å². The van der Waals surface area contributed by atoms with Crippen LogP contribution in [0, 0.1) is 12.4 Å². The standard InChI is InChI=1S/C12H7F4N3/c1-17-7-3-4-8(9(13)5-7)11-18-10(6-19(11)2)12(14,15)16/h3-6H,2H3. The molecule has 0 saturated carbocycles. The van der Waals surface area contributed by atoms with Crippen LogP contribution in [0.1, 0.15) is 5.69 Å². The maximum Gasteiger partial charge on any atom is 0.434 e. The van der Waals surface area contributed by atoms with E-state index in [1.54, 1.807) is 0 Å². The maximum absolute atomic E-state index is 13.7. The van der Waals surface area contributed by atoms with E-state index in [-0.39, 0.29) is 17.1 Å². The normalized spacial score (nSPS) is 11.4. The first-order valence-electron chi connectivity index (χ1n) is 5.11. The van der Waals surface area contributed by atoms with Gasteiger partial charge in [0, 0.05) is 13.2 Å². The molecule has 0 N–H and O–H groups in total. The van der Waals surface area contributed by atoms with Crippen molar-refractivity contribution in [3.05, 3.63) is 47.3 Å². The second-order valence-corrected chi connectivity index (χ2v) is 3.83. The van der Waals surface area contributed by atoms with Crippen molar-refractivity contribution in [1.82, 2.24) is 9.55 Å². The highest BCUT2D eigenvalue weighted by Gasteiger charge is 2.34. The van der Waals surface area contributed by atoms with Crippen molar-refractivity contribution in [3.8, 4) is 11.4 Å². The third-order valence-electron chi connectivity index (χ3n) is 2.49. The monoisotopic (exact) mass is 269 g/mol. The summed E-state index contributed by atoms with van der Waals surface area (Å²) in [7, 11) is 1.35. The van der Waals surface area contributed by atoms with Gasteiger partial charge in [-0.25, -0.2) is 14.2 Å². The van der Waals surface area contributed by atoms with Gasteiger partial charge in [-0.3, -0.25) is 0 Å². The van der Waals surface area contributed by atoms with Gasteiger partial charge in [-0.1, -0.05) is 12.1 Å². The van der Waals surface area contributed by atoms with Crippen LogP contribution >= 0.6 is 0 Å². The molecule has 1 heterocycles. The van der Waals surface area contributed by atoms with Gasteiger partial charge in [0.05, 0.1) is 12.1 Å². The number of hydrogen-bond donors (Lipinski definition) is 0. The van der Waals surface area contributed by atoms with Crippen LogP contribution in [0.2, 0.25) is 0 Å². The zero-order valence-corrected chi connectivity index (χ0v) is 9.66. The second kappa shape index (κ2) is 4.39. The highest BCUT2D eigenvalue weighted by atomic mass is 19.4. The summed E-state index contributed by atoms with van der Waals surface area (Å²) in [4.78, 5) is 6.42. The van der Waals surface area contributed by atoms with E-state index in [1.807, 2.05) is 0 Å². The van der Waals surface area contributed by atoms with E-state index >= 15 is 0 Å². The minimum atomic E-state index is -4.58. The fourth-order valence-corrected chi connectivity index (χ4v) is 1.61. The van der Waals surface area contributed by atoms with Gasteiger partial charge in [0.1, 0.15) is 11.6 Å². The highest BCUT2D eigenvalue weighted by molar-refractivity contribution is 5.62. The molecular weight excluding hydrogens is 262 g/mol. The molecule has 7 heteroatoms. The SMILES string of the molecule is [C-]#[N+]c1ccc(-c2nc(C(F)(F)F)cn2C)c(F)c1. The lowest BCUT2D eigenvalue weighted by Crippen LogP contribution is -2.04. The van der Waals surface area contributed by atoms with Crippen molar-refractivity contribution < 1.29 is 17.6 Å². The van der Waals surface area contributed by atoms with Crippen molar-refractivity contribution in [2.45, 2.75) is 6.18 Å². The summed E-state index contributed by atoms with van der Waals surface area (Å²) in [6.45, 7) is 6.73. The summed E-state index contributed by atoms with van der Waals surface area (Å²) >= 11 is 0. The summed E-state index contributed by atoms with van der Waals surface area (Å²) in [5, 5.41) is 0. The molecule has 0 atom stereocenters. The Hall–Kier alpha value is -2.36. The Balaban J connectivity index is 2.54. The third-order valence-corrected chi connectivity index (χ3v) is 2.49. The summed E-state index contributed by atoms with van der Waals surface area (Å²) in [6.07, 6.45) is -3.79. The van der Waals surface area contributed by atoms with Gasteiger partial charge in [0.15, 0.2) is 11.4 Å².